The molecule has 0 atom stereocenters. The van der Waals surface area contributed by atoms with Gasteiger partial charge in [-0.3, -0.25) is 0 Å². The predicted octanol–water partition coefficient (Wildman–Crippen LogP) is 5.03. The van der Waals surface area contributed by atoms with Gasteiger partial charge in [-0.2, -0.15) is 4.98 Å². The van der Waals surface area contributed by atoms with Crippen molar-refractivity contribution in [2.24, 2.45) is 0 Å². The molecule has 0 unspecified atom stereocenters. The van der Waals surface area contributed by atoms with Crippen molar-refractivity contribution < 1.29 is 4.39 Å². The lowest BCUT2D eigenvalue weighted by Crippen LogP contribution is -2.03. The Kier molecular flexibility index (Phi) is 4.42. The lowest BCUT2D eigenvalue weighted by Gasteiger charge is -2.13. The minimum absolute atomic E-state index is 0.275. The van der Waals surface area contributed by atoms with E-state index in [1.165, 1.54) is 23.3 Å². The van der Waals surface area contributed by atoms with E-state index in [0.29, 0.717) is 11.8 Å². The van der Waals surface area contributed by atoms with E-state index in [2.05, 4.69) is 40.5 Å². The zero-order valence-electron chi connectivity index (χ0n) is 13.9. The molecule has 122 valence electrons. The molecular weight excluding hydrogens is 303 g/mol. The standard InChI is InChI=1S/C19H19FN4/c1-12-5-4-6-17(14(12)3)23-18-11-13(2)21-19(24-18)22-16-9-7-15(20)8-10-16/h4-11H,1-3H3,(H2,21,22,23,24). The number of rotatable bonds is 4. The van der Waals surface area contributed by atoms with Crippen LogP contribution in [-0.4, -0.2) is 9.97 Å². The average Bonchev–Trinajstić information content (AvgIpc) is 2.54. The summed E-state index contributed by atoms with van der Waals surface area (Å²) >= 11 is 0. The van der Waals surface area contributed by atoms with Crippen LogP contribution in [0, 0.1) is 26.6 Å². The average molecular weight is 322 g/mol. The maximum Gasteiger partial charge on any atom is 0.229 e. The summed E-state index contributed by atoms with van der Waals surface area (Å²) in [5.41, 5.74) is 4.99. The molecule has 0 aliphatic carbocycles. The molecule has 0 saturated carbocycles. The minimum Gasteiger partial charge on any atom is -0.340 e. The molecular formula is C19H19FN4. The van der Waals surface area contributed by atoms with Gasteiger partial charge >= 0.3 is 0 Å². The van der Waals surface area contributed by atoms with E-state index in [1.807, 2.05) is 25.1 Å². The predicted molar refractivity (Wildman–Crippen MR) is 95.7 cm³/mol. The number of benzene rings is 2. The van der Waals surface area contributed by atoms with Gasteiger partial charge in [0, 0.05) is 23.1 Å². The number of nitrogens with zero attached hydrogens (tertiary/aromatic N) is 2. The molecule has 0 bridgehead atoms. The van der Waals surface area contributed by atoms with Crippen molar-refractivity contribution in [2.75, 3.05) is 10.6 Å². The quantitative estimate of drug-likeness (QED) is 0.707. The van der Waals surface area contributed by atoms with Crippen molar-refractivity contribution in [3.05, 3.63) is 71.2 Å². The lowest BCUT2D eigenvalue weighted by molar-refractivity contribution is 0.628. The summed E-state index contributed by atoms with van der Waals surface area (Å²) in [5, 5.41) is 6.43. The van der Waals surface area contributed by atoms with Crippen molar-refractivity contribution in [3.63, 3.8) is 0 Å². The molecule has 0 amide bonds. The van der Waals surface area contributed by atoms with E-state index in [-0.39, 0.29) is 5.82 Å². The van der Waals surface area contributed by atoms with Gasteiger partial charge in [0.2, 0.25) is 5.95 Å². The summed E-state index contributed by atoms with van der Waals surface area (Å²) < 4.78 is 13.0. The minimum atomic E-state index is -0.275. The molecule has 0 radical (unpaired) electrons. The molecule has 1 aromatic heterocycles. The fourth-order valence-electron chi connectivity index (χ4n) is 2.38. The smallest absolute Gasteiger partial charge is 0.229 e. The van der Waals surface area contributed by atoms with E-state index in [4.69, 9.17) is 0 Å². The molecule has 3 rings (SSSR count). The molecule has 0 saturated heterocycles. The molecule has 3 aromatic rings. The number of hydrogen-bond donors (Lipinski definition) is 2. The van der Waals surface area contributed by atoms with E-state index < -0.39 is 0 Å². The van der Waals surface area contributed by atoms with E-state index in [0.717, 1.165) is 17.1 Å². The zero-order valence-corrected chi connectivity index (χ0v) is 13.9. The number of aromatic nitrogens is 2. The topological polar surface area (TPSA) is 49.8 Å². The molecule has 1 heterocycles. The third kappa shape index (κ3) is 3.68. The molecule has 0 spiro atoms. The van der Waals surface area contributed by atoms with Gasteiger partial charge in [0.15, 0.2) is 0 Å². The van der Waals surface area contributed by atoms with Crippen molar-refractivity contribution in [3.8, 4) is 0 Å². The second-order valence-corrected chi connectivity index (χ2v) is 5.72. The molecule has 2 N–H and O–H groups in total. The Hall–Kier alpha value is -2.95. The summed E-state index contributed by atoms with van der Waals surface area (Å²) in [6, 6.07) is 14.1. The first-order valence-electron chi connectivity index (χ1n) is 7.73. The van der Waals surface area contributed by atoms with Crippen LogP contribution in [0.2, 0.25) is 0 Å². The van der Waals surface area contributed by atoms with Crippen LogP contribution >= 0.6 is 0 Å². The summed E-state index contributed by atoms with van der Waals surface area (Å²) in [7, 11) is 0. The molecule has 4 nitrogen and oxygen atoms in total. The monoisotopic (exact) mass is 322 g/mol. The van der Waals surface area contributed by atoms with Crippen LogP contribution < -0.4 is 10.6 Å². The normalized spacial score (nSPS) is 10.5. The van der Waals surface area contributed by atoms with Crippen LogP contribution in [0.25, 0.3) is 0 Å². The summed E-state index contributed by atoms with van der Waals surface area (Å²) in [6.45, 7) is 6.06. The first kappa shape index (κ1) is 15.9. The Morgan fingerprint density at radius 2 is 1.62 bits per heavy atom. The Labute approximate surface area is 140 Å². The van der Waals surface area contributed by atoms with E-state index in [9.17, 15) is 4.39 Å². The van der Waals surface area contributed by atoms with Gasteiger partial charge in [-0.05, 0) is 62.2 Å². The fraction of sp³-hybridized carbons (Fsp3) is 0.158. The van der Waals surface area contributed by atoms with Crippen molar-refractivity contribution in [1.29, 1.82) is 0 Å². The highest BCUT2D eigenvalue weighted by Crippen LogP contribution is 2.23. The Morgan fingerprint density at radius 3 is 2.38 bits per heavy atom. The van der Waals surface area contributed by atoms with Crippen LogP contribution in [0.15, 0.2) is 48.5 Å². The van der Waals surface area contributed by atoms with Crippen molar-refractivity contribution in [2.45, 2.75) is 20.8 Å². The van der Waals surface area contributed by atoms with Crippen LogP contribution in [0.3, 0.4) is 0 Å². The van der Waals surface area contributed by atoms with E-state index >= 15 is 0 Å². The van der Waals surface area contributed by atoms with Gasteiger partial charge in [-0.25, -0.2) is 9.37 Å². The highest BCUT2D eigenvalue weighted by atomic mass is 19.1. The zero-order chi connectivity index (χ0) is 17.1. The highest BCUT2D eigenvalue weighted by Gasteiger charge is 2.06. The Morgan fingerprint density at radius 1 is 0.875 bits per heavy atom. The maximum absolute atomic E-state index is 13.0. The number of nitrogens with one attached hydrogen (secondary N) is 2. The summed E-state index contributed by atoms with van der Waals surface area (Å²) in [6.07, 6.45) is 0. The highest BCUT2D eigenvalue weighted by molar-refractivity contribution is 5.63. The molecule has 0 aliphatic rings. The molecule has 24 heavy (non-hydrogen) atoms. The lowest BCUT2D eigenvalue weighted by atomic mass is 10.1. The van der Waals surface area contributed by atoms with Gasteiger partial charge in [0.25, 0.3) is 0 Å². The van der Waals surface area contributed by atoms with Crippen LogP contribution in [-0.2, 0) is 0 Å². The molecule has 0 aliphatic heterocycles. The van der Waals surface area contributed by atoms with E-state index in [1.54, 1.807) is 12.1 Å². The SMILES string of the molecule is Cc1cc(Nc2cccc(C)c2C)nc(Nc2ccc(F)cc2)n1. The molecule has 2 aromatic carbocycles. The van der Waals surface area contributed by atoms with Gasteiger partial charge in [0.1, 0.15) is 11.6 Å². The first-order valence-corrected chi connectivity index (χ1v) is 7.73. The van der Waals surface area contributed by atoms with Crippen molar-refractivity contribution in [1.82, 2.24) is 9.97 Å². The summed E-state index contributed by atoms with van der Waals surface area (Å²) in [4.78, 5) is 8.87. The number of anilines is 4. The van der Waals surface area contributed by atoms with Crippen LogP contribution in [0.4, 0.5) is 27.5 Å². The van der Waals surface area contributed by atoms with Gasteiger partial charge in [-0.1, -0.05) is 12.1 Å². The van der Waals surface area contributed by atoms with Crippen LogP contribution in [0.1, 0.15) is 16.8 Å². The van der Waals surface area contributed by atoms with Gasteiger partial charge in [0.05, 0.1) is 0 Å². The third-order valence-electron chi connectivity index (χ3n) is 3.82. The first-order chi connectivity index (χ1) is 11.5. The van der Waals surface area contributed by atoms with Gasteiger partial charge < -0.3 is 10.6 Å². The number of halogens is 1. The van der Waals surface area contributed by atoms with Crippen LogP contribution in [0.5, 0.6) is 0 Å². The number of aryl methyl sites for hydroxylation is 2. The fourth-order valence-corrected chi connectivity index (χ4v) is 2.38. The third-order valence-corrected chi connectivity index (χ3v) is 3.82. The second kappa shape index (κ2) is 6.66. The number of hydrogen-bond acceptors (Lipinski definition) is 4. The Bertz CT molecular complexity index is 860. The van der Waals surface area contributed by atoms with Gasteiger partial charge in [-0.15, -0.1) is 0 Å². The second-order valence-electron chi connectivity index (χ2n) is 5.72. The molecule has 5 heteroatoms. The van der Waals surface area contributed by atoms with Crippen molar-refractivity contribution >= 4 is 23.1 Å². The maximum atomic E-state index is 13.0. The largest absolute Gasteiger partial charge is 0.340 e. The molecule has 0 fully saturated rings. The summed E-state index contributed by atoms with van der Waals surface area (Å²) in [5.74, 6) is 0.901. The Balaban J connectivity index is 1.86.